The molecular formula is C12H13ClN2S. The van der Waals surface area contributed by atoms with E-state index in [1.165, 1.54) is 12.8 Å². The number of thioether (sulfide) groups is 1. The van der Waals surface area contributed by atoms with E-state index in [4.69, 9.17) is 16.9 Å². The summed E-state index contributed by atoms with van der Waals surface area (Å²) in [6, 6.07) is 7.65. The zero-order valence-electron chi connectivity index (χ0n) is 9.09. The van der Waals surface area contributed by atoms with Gasteiger partial charge in [-0.1, -0.05) is 17.7 Å². The van der Waals surface area contributed by atoms with Gasteiger partial charge in [0, 0.05) is 11.3 Å². The van der Waals surface area contributed by atoms with Gasteiger partial charge in [0.15, 0.2) is 0 Å². The highest BCUT2D eigenvalue weighted by molar-refractivity contribution is 8.00. The number of anilines is 1. The average Bonchev–Trinajstić information content (AvgIpc) is 3.07. The number of halogens is 1. The summed E-state index contributed by atoms with van der Waals surface area (Å²) in [6.45, 7) is 0.906. The molecule has 1 aromatic rings. The van der Waals surface area contributed by atoms with Gasteiger partial charge < -0.3 is 5.32 Å². The van der Waals surface area contributed by atoms with Crippen molar-refractivity contribution in [3.8, 4) is 6.07 Å². The van der Waals surface area contributed by atoms with Gasteiger partial charge in [0.05, 0.1) is 16.3 Å². The van der Waals surface area contributed by atoms with Crippen molar-refractivity contribution in [2.75, 3.05) is 18.1 Å². The molecule has 16 heavy (non-hydrogen) atoms. The van der Waals surface area contributed by atoms with Crippen LogP contribution >= 0.6 is 23.4 Å². The number of rotatable bonds is 4. The van der Waals surface area contributed by atoms with E-state index in [9.17, 15) is 0 Å². The second-order valence-electron chi connectivity index (χ2n) is 4.01. The lowest BCUT2D eigenvalue weighted by molar-refractivity contribution is 0.949. The summed E-state index contributed by atoms with van der Waals surface area (Å²) < 4.78 is 0.384. The highest BCUT2D eigenvalue weighted by Crippen LogP contribution is 2.47. The Labute approximate surface area is 105 Å². The van der Waals surface area contributed by atoms with E-state index < -0.39 is 0 Å². The van der Waals surface area contributed by atoms with Crippen LogP contribution in [0.2, 0.25) is 5.02 Å². The molecule has 84 valence electrons. The van der Waals surface area contributed by atoms with Gasteiger partial charge in [-0.05, 0) is 31.2 Å². The van der Waals surface area contributed by atoms with Crippen molar-refractivity contribution in [1.82, 2.24) is 0 Å². The van der Waals surface area contributed by atoms with Crippen molar-refractivity contribution in [1.29, 1.82) is 5.26 Å². The Morgan fingerprint density at radius 3 is 2.88 bits per heavy atom. The van der Waals surface area contributed by atoms with E-state index in [2.05, 4.69) is 17.6 Å². The van der Waals surface area contributed by atoms with Crippen molar-refractivity contribution in [3.63, 3.8) is 0 Å². The van der Waals surface area contributed by atoms with Gasteiger partial charge in [-0.25, -0.2) is 0 Å². The Bertz CT molecular complexity index is 435. The van der Waals surface area contributed by atoms with Crippen LogP contribution in [-0.2, 0) is 0 Å². The molecule has 0 atom stereocenters. The Hall–Kier alpha value is -0.850. The maximum Gasteiger partial charge on any atom is 0.103 e. The van der Waals surface area contributed by atoms with Crippen molar-refractivity contribution >= 4 is 29.1 Å². The molecule has 0 aromatic heterocycles. The van der Waals surface area contributed by atoms with Gasteiger partial charge in [-0.2, -0.15) is 17.0 Å². The lowest BCUT2D eigenvalue weighted by atomic mass is 10.2. The second kappa shape index (κ2) is 4.57. The maximum atomic E-state index is 9.02. The molecule has 0 spiro atoms. The molecule has 0 unspecified atom stereocenters. The van der Waals surface area contributed by atoms with Gasteiger partial charge in [-0.3, -0.25) is 0 Å². The zero-order valence-corrected chi connectivity index (χ0v) is 10.7. The van der Waals surface area contributed by atoms with Crippen molar-refractivity contribution in [3.05, 3.63) is 28.8 Å². The average molecular weight is 253 g/mol. The first kappa shape index (κ1) is 11.6. The molecule has 2 rings (SSSR count). The first-order chi connectivity index (χ1) is 7.71. The number of hydrogen-bond donors (Lipinski definition) is 1. The standard InChI is InChI=1S/C12H13ClN2S/c1-16-12(5-6-12)8-15-11-4-2-3-10(13)9(11)7-14/h2-4,15H,5-6,8H2,1H3. The van der Waals surface area contributed by atoms with Crippen LogP contribution in [0, 0.1) is 11.3 Å². The highest BCUT2D eigenvalue weighted by Gasteiger charge is 2.41. The number of nitriles is 1. The fourth-order valence-corrected chi connectivity index (χ4v) is 2.58. The number of nitrogens with zero attached hydrogens (tertiary/aromatic N) is 1. The predicted molar refractivity (Wildman–Crippen MR) is 70.1 cm³/mol. The van der Waals surface area contributed by atoms with Crippen molar-refractivity contribution in [2.24, 2.45) is 0 Å². The van der Waals surface area contributed by atoms with Gasteiger partial charge in [0.2, 0.25) is 0 Å². The SMILES string of the molecule is CSC1(CNc2cccc(Cl)c2C#N)CC1. The van der Waals surface area contributed by atoms with E-state index in [0.717, 1.165) is 12.2 Å². The minimum atomic E-state index is 0.384. The van der Waals surface area contributed by atoms with E-state index >= 15 is 0 Å². The Morgan fingerprint density at radius 1 is 1.56 bits per heavy atom. The first-order valence-corrected chi connectivity index (χ1v) is 6.79. The van der Waals surface area contributed by atoms with Crippen LogP contribution in [0.5, 0.6) is 0 Å². The lowest BCUT2D eigenvalue weighted by Crippen LogP contribution is -2.17. The van der Waals surface area contributed by atoms with Crippen LogP contribution in [0.1, 0.15) is 18.4 Å². The molecule has 1 saturated carbocycles. The molecule has 0 amide bonds. The Kier molecular flexibility index (Phi) is 3.32. The molecule has 1 aromatic carbocycles. The summed E-state index contributed by atoms with van der Waals surface area (Å²) in [6.07, 6.45) is 4.64. The highest BCUT2D eigenvalue weighted by atomic mass is 35.5. The first-order valence-electron chi connectivity index (χ1n) is 5.18. The summed E-state index contributed by atoms with van der Waals surface area (Å²) >= 11 is 7.86. The molecule has 1 fully saturated rings. The number of nitrogens with one attached hydrogen (secondary N) is 1. The van der Waals surface area contributed by atoms with E-state index in [1.54, 1.807) is 6.07 Å². The molecule has 0 heterocycles. The van der Waals surface area contributed by atoms with Gasteiger partial charge >= 0.3 is 0 Å². The summed E-state index contributed by atoms with van der Waals surface area (Å²) in [7, 11) is 0. The van der Waals surface area contributed by atoms with Crippen molar-refractivity contribution < 1.29 is 0 Å². The monoisotopic (exact) mass is 252 g/mol. The van der Waals surface area contributed by atoms with E-state index in [0.29, 0.717) is 15.3 Å². The fraction of sp³-hybridized carbons (Fsp3) is 0.417. The summed E-state index contributed by atoms with van der Waals surface area (Å²) in [5, 5.41) is 12.9. The predicted octanol–water partition coefficient (Wildman–Crippen LogP) is 3.52. The summed E-state index contributed by atoms with van der Waals surface area (Å²) in [5.74, 6) is 0. The van der Waals surface area contributed by atoms with Crippen LogP contribution in [0.4, 0.5) is 5.69 Å². The molecule has 0 saturated heterocycles. The second-order valence-corrected chi connectivity index (χ2v) is 5.70. The lowest BCUT2D eigenvalue weighted by Gasteiger charge is -2.15. The topological polar surface area (TPSA) is 35.8 Å². The smallest absolute Gasteiger partial charge is 0.103 e. The van der Waals surface area contributed by atoms with Crippen LogP contribution in [-0.4, -0.2) is 17.5 Å². The van der Waals surface area contributed by atoms with Crippen molar-refractivity contribution in [2.45, 2.75) is 17.6 Å². The minimum absolute atomic E-state index is 0.384. The molecule has 1 aliphatic carbocycles. The summed E-state index contributed by atoms with van der Waals surface area (Å²) in [5.41, 5.74) is 1.39. The third-order valence-corrected chi connectivity index (χ3v) is 4.70. The van der Waals surface area contributed by atoms with Gasteiger partial charge in [0.25, 0.3) is 0 Å². The number of benzene rings is 1. The Morgan fingerprint density at radius 2 is 2.31 bits per heavy atom. The quantitative estimate of drug-likeness (QED) is 0.891. The van der Waals surface area contributed by atoms with E-state index in [1.807, 2.05) is 23.9 Å². The van der Waals surface area contributed by atoms with E-state index in [-0.39, 0.29) is 0 Å². The van der Waals surface area contributed by atoms with Gasteiger partial charge in [0.1, 0.15) is 6.07 Å². The van der Waals surface area contributed by atoms with Crippen LogP contribution < -0.4 is 5.32 Å². The number of hydrogen-bond acceptors (Lipinski definition) is 3. The van der Waals surface area contributed by atoms with Gasteiger partial charge in [-0.15, -0.1) is 0 Å². The molecule has 0 radical (unpaired) electrons. The van der Waals surface area contributed by atoms with Crippen LogP contribution in [0.3, 0.4) is 0 Å². The molecule has 1 N–H and O–H groups in total. The van der Waals surface area contributed by atoms with Crippen LogP contribution in [0.25, 0.3) is 0 Å². The maximum absolute atomic E-state index is 9.02. The minimum Gasteiger partial charge on any atom is -0.383 e. The Balaban J connectivity index is 2.10. The molecule has 0 bridgehead atoms. The van der Waals surface area contributed by atoms with Crippen LogP contribution in [0.15, 0.2) is 18.2 Å². The molecule has 4 heteroatoms. The fourth-order valence-electron chi connectivity index (χ4n) is 1.63. The zero-order chi connectivity index (χ0) is 11.6. The molecule has 2 nitrogen and oxygen atoms in total. The molecule has 0 aliphatic heterocycles. The molecule has 1 aliphatic rings. The third-order valence-electron chi connectivity index (χ3n) is 2.97. The third kappa shape index (κ3) is 2.28. The molecular weight excluding hydrogens is 240 g/mol. The normalized spacial score (nSPS) is 16.6. The summed E-state index contributed by atoms with van der Waals surface area (Å²) in [4.78, 5) is 0. The largest absolute Gasteiger partial charge is 0.383 e.